The maximum atomic E-state index is 5.78. The zero-order valence-electron chi connectivity index (χ0n) is 10.9. The van der Waals surface area contributed by atoms with Gasteiger partial charge in [0.15, 0.2) is 5.96 Å². The van der Waals surface area contributed by atoms with Crippen LogP contribution in [0.4, 0.5) is 0 Å². The zero-order valence-corrected chi connectivity index (χ0v) is 10.9. The van der Waals surface area contributed by atoms with Crippen molar-refractivity contribution in [1.82, 2.24) is 10.2 Å². The molecule has 0 heterocycles. The first kappa shape index (κ1) is 13.3. The van der Waals surface area contributed by atoms with E-state index in [0.717, 1.165) is 25.6 Å². The average molecular weight is 226 g/mol. The van der Waals surface area contributed by atoms with Crippen LogP contribution in [0.25, 0.3) is 0 Å². The Labute approximate surface area is 99.3 Å². The average Bonchev–Trinajstić information content (AvgIpc) is 2.15. The molecule has 1 aliphatic rings. The summed E-state index contributed by atoms with van der Waals surface area (Å²) in [6.07, 6.45) is 4.02. The largest absolute Gasteiger partial charge is 0.370 e. The van der Waals surface area contributed by atoms with E-state index in [1.165, 1.54) is 19.3 Å². The molecule has 0 spiro atoms. The molecule has 4 nitrogen and oxygen atoms in total. The summed E-state index contributed by atoms with van der Waals surface area (Å²) in [5, 5.41) is 3.16. The number of nitrogens with zero attached hydrogens (tertiary/aromatic N) is 2. The molecule has 0 aliphatic heterocycles. The molecular formula is C12H26N4. The van der Waals surface area contributed by atoms with Gasteiger partial charge in [-0.15, -0.1) is 0 Å². The lowest BCUT2D eigenvalue weighted by molar-refractivity contribution is 0.278. The first-order valence-electron chi connectivity index (χ1n) is 6.33. The van der Waals surface area contributed by atoms with Crippen molar-refractivity contribution >= 4 is 5.96 Å². The van der Waals surface area contributed by atoms with Gasteiger partial charge in [-0.2, -0.15) is 0 Å². The van der Waals surface area contributed by atoms with Gasteiger partial charge in [0, 0.05) is 25.7 Å². The third kappa shape index (κ3) is 4.84. The Balaban J connectivity index is 2.06. The minimum absolute atomic E-state index is 0.579. The second-order valence-electron chi connectivity index (χ2n) is 5.02. The summed E-state index contributed by atoms with van der Waals surface area (Å²) in [4.78, 5) is 6.64. The Morgan fingerprint density at radius 3 is 2.69 bits per heavy atom. The molecule has 4 heteroatoms. The van der Waals surface area contributed by atoms with Crippen LogP contribution in [0.1, 0.15) is 33.1 Å². The minimum atomic E-state index is 0.579. The van der Waals surface area contributed by atoms with Gasteiger partial charge in [0.05, 0.1) is 0 Å². The van der Waals surface area contributed by atoms with Crippen molar-refractivity contribution in [2.24, 2.45) is 16.6 Å². The number of hydrogen-bond acceptors (Lipinski definition) is 2. The number of guanidine groups is 1. The number of likely N-dealkylation sites (N-methyl/N-ethyl adjacent to an activating group) is 1. The minimum Gasteiger partial charge on any atom is -0.370 e. The van der Waals surface area contributed by atoms with Crippen molar-refractivity contribution < 1.29 is 0 Å². The lowest BCUT2D eigenvalue weighted by Crippen LogP contribution is -2.39. The molecule has 16 heavy (non-hydrogen) atoms. The second kappa shape index (κ2) is 6.74. The Bertz CT molecular complexity index is 221. The van der Waals surface area contributed by atoms with Crippen LogP contribution in [-0.2, 0) is 0 Å². The summed E-state index contributed by atoms with van der Waals surface area (Å²) < 4.78 is 0. The van der Waals surface area contributed by atoms with Gasteiger partial charge in [0.1, 0.15) is 0 Å². The first-order valence-corrected chi connectivity index (χ1v) is 6.33. The summed E-state index contributed by atoms with van der Waals surface area (Å²) >= 11 is 0. The lowest BCUT2D eigenvalue weighted by atomic mass is 9.86. The fourth-order valence-electron chi connectivity index (χ4n) is 1.58. The quantitative estimate of drug-likeness (QED) is 0.525. The van der Waals surface area contributed by atoms with Crippen LogP contribution in [0.5, 0.6) is 0 Å². The fraction of sp³-hybridized carbons (Fsp3) is 0.917. The van der Waals surface area contributed by atoms with Crippen LogP contribution in [0.2, 0.25) is 0 Å². The normalized spacial score (nSPS) is 17.9. The molecule has 0 amide bonds. The number of aliphatic imine (C=N–C) groups is 1. The summed E-state index contributed by atoms with van der Waals surface area (Å²) in [6.45, 7) is 7.15. The van der Waals surface area contributed by atoms with E-state index in [2.05, 4.69) is 36.1 Å². The van der Waals surface area contributed by atoms with Crippen molar-refractivity contribution in [1.29, 1.82) is 0 Å². The molecular weight excluding hydrogens is 200 g/mol. The number of rotatable bonds is 6. The predicted molar refractivity (Wildman–Crippen MR) is 69.6 cm³/mol. The van der Waals surface area contributed by atoms with Crippen LogP contribution in [0.15, 0.2) is 4.99 Å². The first-order chi connectivity index (χ1) is 7.59. The van der Waals surface area contributed by atoms with Crippen LogP contribution in [0.3, 0.4) is 0 Å². The zero-order chi connectivity index (χ0) is 12.0. The van der Waals surface area contributed by atoms with Crippen molar-refractivity contribution in [2.45, 2.75) is 39.2 Å². The summed E-state index contributed by atoms with van der Waals surface area (Å²) in [5.74, 6) is 1.39. The molecule has 0 radical (unpaired) electrons. The van der Waals surface area contributed by atoms with Gasteiger partial charge in [0.2, 0.25) is 0 Å². The SMILES string of the molecule is CC(C)N(C)CCNC(N)=NCC1CCC1. The van der Waals surface area contributed by atoms with E-state index in [4.69, 9.17) is 5.73 Å². The van der Waals surface area contributed by atoms with E-state index >= 15 is 0 Å². The third-order valence-electron chi connectivity index (χ3n) is 3.40. The molecule has 94 valence electrons. The maximum absolute atomic E-state index is 5.78. The monoisotopic (exact) mass is 226 g/mol. The van der Waals surface area contributed by atoms with Crippen LogP contribution in [0, 0.1) is 5.92 Å². The van der Waals surface area contributed by atoms with Crippen LogP contribution < -0.4 is 11.1 Å². The van der Waals surface area contributed by atoms with Gasteiger partial charge in [-0.1, -0.05) is 6.42 Å². The Morgan fingerprint density at radius 1 is 1.50 bits per heavy atom. The molecule has 1 rings (SSSR count). The highest BCUT2D eigenvalue weighted by Gasteiger charge is 2.16. The van der Waals surface area contributed by atoms with E-state index in [1.54, 1.807) is 0 Å². The van der Waals surface area contributed by atoms with Gasteiger partial charge >= 0.3 is 0 Å². The molecule has 0 aromatic rings. The second-order valence-corrected chi connectivity index (χ2v) is 5.02. The molecule has 1 fully saturated rings. The Hall–Kier alpha value is -0.770. The van der Waals surface area contributed by atoms with E-state index in [-0.39, 0.29) is 0 Å². The van der Waals surface area contributed by atoms with Crippen LogP contribution in [-0.4, -0.2) is 43.6 Å². The van der Waals surface area contributed by atoms with Crippen molar-refractivity contribution in [3.8, 4) is 0 Å². The molecule has 3 N–H and O–H groups in total. The predicted octanol–water partition coefficient (Wildman–Crippen LogP) is 1.03. The Morgan fingerprint density at radius 2 is 2.19 bits per heavy atom. The van der Waals surface area contributed by atoms with E-state index in [0.29, 0.717) is 12.0 Å². The topological polar surface area (TPSA) is 53.6 Å². The molecule has 0 saturated heterocycles. The number of nitrogens with two attached hydrogens (primary N) is 1. The smallest absolute Gasteiger partial charge is 0.188 e. The molecule has 0 aromatic heterocycles. The number of hydrogen-bond donors (Lipinski definition) is 2. The molecule has 0 atom stereocenters. The van der Waals surface area contributed by atoms with Crippen molar-refractivity contribution in [3.63, 3.8) is 0 Å². The van der Waals surface area contributed by atoms with Crippen LogP contribution >= 0.6 is 0 Å². The van der Waals surface area contributed by atoms with Crippen molar-refractivity contribution in [2.75, 3.05) is 26.7 Å². The maximum Gasteiger partial charge on any atom is 0.188 e. The standard InChI is InChI=1S/C12H26N4/c1-10(2)16(3)8-7-14-12(13)15-9-11-5-4-6-11/h10-11H,4-9H2,1-3H3,(H3,13,14,15). The van der Waals surface area contributed by atoms with Gasteiger partial charge in [0.25, 0.3) is 0 Å². The van der Waals surface area contributed by atoms with Gasteiger partial charge in [-0.25, -0.2) is 0 Å². The van der Waals surface area contributed by atoms with E-state index < -0.39 is 0 Å². The lowest BCUT2D eigenvalue weighted by Gasteiger charge is -2.23. The molecule has 1 aliphatic carbocycles. The fourth-order valence-corrected chi connectivity index (χ4v) is 1.58. The van der Waals surface area contributed by atoms with Gasteiger partial charge in [-0.3, -0.25) is 4.99 Å². The molecule has 0 unspecified atom stereocenters. The molecule has 0 bridgehead atoms. The highest BCUT2D eigenvalue weighted by molar-refractivity contribution is 5.77. The molecule has 0 aromatic carbocycles. The third-order valence-corrected chi connectivity index (χ3v) is 3.40. The molecule has 1 saturated carbocycles. The highest BCUT2D eigenvalue weighted by Crippen LogP contribution is 2.26. The summed E-state index contributed by atoms with van der Waals surface area (Å²) in [5.41, 5.74) is 5.78. The summed E-state index contributed by atoms with van der Waals surface area (Å²) in [6, 6.07) is 0.579. The van der Waals surface area contributed by atoms with E-state index in [9.17, 15) is 0 Å². The van der Waals surface area contributed by atoms with Gasteiger partial charge < -0.3 is 16.0 Å². The highest BCUT2D eigenvalue weighted by atomic mass is 15.2. The van der Waals surface area contributed by atoms with E-state index in [1.807, 2.05) is 0 Å². The van der Waals surface area contributed by atoms with Gasteiger partial charge in [-0.05, 0) is 39.7 Å². The summed E-state index contributed by atoms with van der Waals surface area (Å²) in [7, 11) is 2.12. The number of nitrogens with one attached hydrogen (secondary N) is 1. The van der Waals surface area contributed by atoms with Crippen molar-refractivity contribution in [3.05, 3.63) is 0 Å². The Kier molecular flexibility index (Phi) is 5.60.